The number of hydrogen-bond acceptors (Lipinski definition) is 3. The van der Waals surface area contributed by atoms with Crippen LogP contribution in [0.3, 0.4) is 0 Å². The van der Waals surface area contributed by atoms with E-state index in [1.807, 2.05) is 48.6 Å². The molecule has 0 spiro atoms. The zero-order chi connectivity index (χ0) is 16.7. The van der Waals surface area contributed by atoms with Gasteiger partial charge in [0.15, 0.2) is 0 Å². The normalized spacial score (nSPS) is 23.0. The van der Waals surface area contributed by atoms with Crippen molar-refractivity contribution in [2.75, 3.05) is 11.9 Å². The van der Waals surface area contributed by atoms with Crippen LogP contribution in [0.15, 0.2) is 36.7 Å². The number of amides is 2. The first-order valence-electron chi connectivity index (χ1n) is 8.31. The summed E-state index contributed by atoms with van der Waals surface area (Å²) in [6.07, 6.45) is 5.94. The average molecular weight is 324 g/mol. The molecule has 1 aromatic heterocycles. The summed E-state index contributed by atoms with van der Waals surface area (Å²) in [6, 6.07) is 7.64. The summed E-state index contributed by atoms with van der Waals surface area (Å²) in [5, 5.41) is 7.09. The van der Waals surface area contributed by atoms with Gasteiger partial charge in [-0.25, -0.2) is 0 Å². The SMILES string of the molecule is Cn1cc(C2CCCN2C(=O)C2CC(=O)Nc3ccccc32)cn1. The molecule has 6 nitrogen and oxygen atoms in total. The Hall–Kier alpha value is -2.63. The van der Waals surface area contributed by atoms with E-state index in [1.165, 1.54) is 0 Å². The van der Waals surface area contributed by atoms with Crippen LogP contribution in [0.2, 0.25) is 0 Å². The molecular formula is C18H20N4O2. The Labute approximate surface area is 140 Å². The molecule has 0 bridgehead atoms. The largest absolute Gasteiger partial charge is 0.335 e. The molecule has 1 aromatic carbocycles. The number of hydrogen-bond donors (Lipinski definition) is 1. The van der Waals surface area contributed by atoms with Crippen molar-refractivity contribution in [1.29, 1.82) is 0 Å². The van der Waals surface area contributed by atoms with Crippen LogP contribution in [-0.2, 0) is 16.6 Å². The molecule has 4 rings (SSSR count). The second kappa shape index (κ2) is 5.78. The number of aromatic nitrogens is 2. The highest BCUT2D eigenvalue weighted by molar-refractivity contribution is 6.01. The fraction of sp³-hybridized carbons (Fsp3) is 0.389. The smallest absolute Gasteiger partial charge is 0.231 e. The van der Waals surface area contributed by atoms with Crippen LogP contribution in [0.4, 0.5) is 5.69 Å². The summed E-state index contributed by atoms with van der Waals surface area (Å²) in [7, 11) is 1.88. The van der Waals surface area contributed by atoms with Crippen LogP contribution < -0.4 is 5.32 Å². The van der Waals surface area contributed by atoms with Crippen molar-refractivity contribution in [2.24, 2.45) is 7.05 Å². The Morgan fingerprint density at radius 2 is 2.17 bits per heavy atom. The molecule has 1 saturated heterocycles. The molecule has 0 radical (unpaired) electrons. The van der Waals surface area contributed by atoms with Crippen molar-refractivity contribution < 1.29 is 9.59 Å². The maximum Gasteiger partial charge on any atom is 0.231 e. The second-order valence-corrected chi connectivity index (χ2v) is 6.53. The molecule has 2 aromatic rings. The zero-order valence-corrected chi connectivity index (χ0v) is 13.6. The molecule has 124 valence electrons. The lowest BCUT2D eigenvalue weighted by Crippen LogP contribution is -2.38. The Balaban J connectivity index is 1.64. The quantitative estimate of drug-likeness (QED) is 0.921. The summed E-state index contributed by atoms with van der Waals surface area (Å²) in [6.45, 7) is 0.735. The number of nitrogens with zero attached hydrogens (tertiary/aromatic N) is 3. The highest BCUT2D eigenvalue weighted by Gasteiger charge is 2.38. The molecule has 2 aliphatic heterocycles. The van der Waals surface area contributed by atoms with Gasteiger partial charge in [0.2, 0.25) is 11.8 Å². The Bertz CT molecular complexity index is 798. The molecule has 2 atom stereocenters. The molecule has 0 saturated carbocycles. The lowest BCUT2D eigenvalue weighted by atomic mass is 9.89. The summed E-state index contributed by atoms with van der Waals surface area (Å²) in [4.78, 5) is 27.2. The van der Waals surface area contributed by atoms with E-state index in [2.05, 4.69) is 10.4 Å². The van der Waals surface area contributed by atoms with E-state index in [0.29, 0.717) is 0 Å². The molecule has 2 amide bonds. The van der Waals surface area contributed by atoms with Crippen molar-refractivity contribution in [3.63, 3.8) is 0 Å². The van der Waals surface area contributed by atoms with Gasteiger partial charge in [-0.1, -0.05) is 18.2 Å². The third-order valence-electron chi connectivity index (χ3n) is 4.94. The molecule has 24 heavy (non-hydrogen) atoms. The number of carbonyl (C=O) groups is 2. The minimum Gasteiger partial charge on any atom is -0.335 e. The van der Waals surface area contributed by atoms with Crippen LogP contribution >= 0.6 is 0 Å². The first-order valence-corrected chi connectivity index (χ1v) is 8.31. The van der Waals surface area contributed by atoms with Crippen LogP contribution in [0, 0.1) is 0 Å². The highest BCUT2D eigenvalue weighted by atomic mass is 16.2. The standard InChI is InChI=1S/C18H20N4O2/c1-21-11-12(10-19-21)16-7-4-8-22(16)18(24)14-9-17(23)20-15-6-3-2-5-13(14)15/h2-3,5-6,10-11,14,16H,4,7-9H2,1H3,(H,20,23). The number of aryl methyl sites for hydroxylation is 1. The lowest BCUT2D eigenvalue weighted by Gasteiger charge is -2.31. The number of fused-ring (bicyclic) bond motifs is 1. The van der Waals surface area contributed by atoms with Gasteiger partial charge < -0.3 is 10.2 Å². The molecule has 6 heteroatoms. The van der Waals surface area contributed by atoms with Crippen LogP contribution in [0.5, 0.6) is 0 Å². The highest BCUT2D eigenvalue weighted by Crippen LogP contribution is 2.38. The van der Waals surface area contributed by atoms with E-state index in [4.69, 9.17) is 0 Å². The van der Waals surface area contributed by atoms with E-state index in [1.54, 1.807) is 4.68 Å². The molecule has 1 N–H and O–H groups in total. The number of likely N-dealkylation sites (tertiary alicyclic amines) is 1. The Morgan fingerprint density at radius 1 is 1.33 bits per heavy atom. The number of carbonyl (C=O) groups excluding carboxylic acids is 2. The van der Waals surface area contributed by atoms with Crippen molar-refractivity contribution in [1.82, 2.24) is 14.7 Å². The van der Waals surface area contributed by atoms with Crippen molar-refractivity contribution in [3.8, 4) is 0 Å². The van der Waals surface area contributed by atoms with Crippen molar-refractivity contribution in [2.45, 2.75) is 31.2 Å². The lowest BCUT2D eigenvalue weighted by molar-refractivity contribution is -0.135. The summed E-state index contributed by atoms with van der Waals surface area (Å²) in [5.41, 5.74) is 2.74. The van der Waals surface area contributed by atoms with Crippen LogP contribution in [-0.4, -0.2) is 33.0 Å². The molecule has 2 aliphatic rings. The van der Waals surface area contributed by atoms with Crippen LogP contribution in [0.1, 0.15) is 42.3 Å². The number of rotatable bonds is 2. The second-order valence-electron chi connectivity index (χ2n) is 6.53. The Morgan fingerprint density at radius 3 is 2.96 bits per heavy atom. The number of para-hydroxylation sites is 1. The topological polar surface area (TPSA) is 67.2 Å². The van der Waals surface area contributed by atoms with E-state index in [0.717, 1.165) is 36.2 Å². The maximum absolute atomic E-state index is 13.2. The zero-order valence-electron chi connectivity index (χ0n) is 13.6. The third-order valence-corrected chi connectivity index (χ3v) is 4.94. The Kier molecular flexibility index (Phi) is 3.59. The first kappa shape index (κ1) is 14.9. The molecular weight excluding hydrogens is 304 g/mol. The number of benzene rings is 1. The van der Waals surface area contributed by atoms with Gasteiger partial charge in [0.05, 0.1) is 18.2 Å². The summed E-state index contributed by atoms with van der Waals surface area (Å²) < 4.78 is 1.76. The molecule has 0 aliphatic carbocycles. The van der Waals surface area contributed by atoms with Crippen molar-refractivity contribution >= 4 is 17.5 Å². The number of anilines is 1. The van der Waals surface area contributed by atoms with Crippen LogP contribution in [0.25, 0.3) is 0 Å². The third kappa shape index (κ3) is 2.48. The number of nitrogens with one attached hydrogen (secondary N) is 1. The van der Waals surface area contributed by atoms with Gasteiger partial charge >= 0.3 is 0 Å². The van der Waals surface area contributed by atoms with Crippen molar-refractivity contribution in [3.05, 3.63) is 47.8 Å². The van der Waals surface area contributed by atoms with Gasteiger partial charge in [-0.05, 0) is 24.5 Å². The van der Waals surface area contributed by atoms with Gasteiger partial charge in [-0.15, -0.1) is 0 Å². The monoisotopic (exact) mass is 324 g/mol. The van der Waals surface area contributed by atoms with Gasteiger partial charge in [-0.3, -0.25) is 14.3 Å². The van der Waals surface area contributed by atoms with Gasteiger partial charge in [-0.2, -0.15) is 5.10 Å². The predicted molar refractivity (Wildman–Crippen MR) is 89.3 cm³/mol. The fourth-order valence-corrected chi connectivity index (χ4v) is 3.82. The van der Waals surface area contributed by atoms with E-state index >= 15 is 0 Å². The van der Waals surface area contributed by atoms with Gasteiger partial charge in [0.25, 0.3) is 0 Å². The van der Waals surface area contributed by atoms with Gasteiger partial charge in [0.1, 0.15) is 0 Å². The average Bonchev–Trinajstić information content (AvgIpc) is 3.21. The van der Waals surface area contributed by atoms with Gasteiger partial charge in [0, 0.05) is 37.5 Å². The maximum atomic E-state index is 13.2. The van der Waals surface area contributed by atoms with E-state index < -0.39 is 5.92 Å². The minimum absolute atomic E-state index is 0.0450. The molecule has 1 fully saturated rings. The molecule has 3 heterocycles. The molecule has 2 unspecified atom stereocenters. The minimum atomic E-state index is -0.396. The first-order chi connectivity index (χ1) is 11.6. The summed E-state index contributed by atoms with van der Waals surface area (Å²) >= 11 is 0. The fourth-order valence-electron chi connectivity index (χ4n) is 3.82. The van der Waals surface area contributed by atoms with E-state index in [9.17, 15) is 9.59 Å². The predicted octanol–water partition coefficient (Wildman–Crippen LogP) is 2.21. The van der Waals surface area contributed by atoms with E-state index in [-0.39, 0.29) is 24.3 Å². The summed E-state index contributed by atoms with van der Waals surface area (Å²) in [5.74, 6) is -0.444.